The van der Waals surface area contributed by atoms with Gasteiger partial charge in [0.15, 0.2) is 5.78 Å². The van der Waals surface area contributed by atoms with E-state index in [4.69, 9.17) is 5.73 Å². The van der Waals surface area contributed by atoms with Gasteiger partial charge in [0, 0.05) is 11.2 Å². The van der Waals surface area contributed by atoms with Gasteiger partial charge in [-0.3, -0.25) is 4.79 Å². The van der Waals surface area contributed by atoms with E-state index < -0.39 is 0 Å². The van der Waals surface area contributed by atoms with Crippen molar-refractivity contribution in [2.45, 2.75) is 38.0 Å². The number of Topliss-reactive ketones (excluding diaryl/α,β-unsaturated/α-hetero) is 1. The number of nitrogens with two attached hydrogens (primary N) is 1. The quantitative estimate of drug-likeness (QED) is 0.694. The Hall–Kier alpha value is -0.0600. The molecule has 0 aliphatic rings. The number of hydrogen-bond acceptors (Lipinski definition) is 4. The molecule has 0 aliphatic carbocycles. The Kier molecular flexibility index (Phi) is 6.48. The standard InChI is InChI=1S/C11H24N2OS/c1-8(7-12)6-9(14)10(13-4)11(2,3)15-5/h8,10,13H,6-7,12H2,1-5H3. The maximum Gasteiger partial charge on any atom is 0.151 e. The average molecular weight is 232 g/mol. The first-order valence-electron chi connectivity index (χ1n) is 5.34. The fourth-order valence-electron chi connectivity index (χ4n) is 1.56. The Bertz CT molecular complexity index is 207. The van der Waals surface area contributed by atoms with E-state index in [1.165, 1.54) is 0 Å². The van der Waals surface area contributed by atoms with Crippen LogP contribution in [0.3, 0.4) is 0 Å². The van der Waals surface area contributed by atoms with Gasteiger partial charge in [-0.1, -0.05) is 6.92 Å². The molecular formula is C11H24N2OS. The van der Waals surface area contributed by atoms with Gasteiger partial charge in [0.05, 0.1) is 6.04 Å². The Morgan fingerprint density at radius 1 is 1.53 bits per heavy atom. The highest BCUT2D eigenvalue weighted by Crippen LogP contribution is 2.27. The van der Waals surface area contributed by atoms with Gasteiger partial charge < -0.3 is 11.1 Å². The highest BCUT2D eigenvalue weighted by molar-refractivity contribution is 8.00. The van der Waals surface area contributed by atoms with Gasteiger partial charge in [0.25, 0.3) is 0 Å². The van der Waals surface area contributed by atoms with Gasteiger partial charge in [0.1, 0.15) is 0 Å². The summed E-state index contributed by atoms with van der Waals surface area (Å²) >= 11 is 1.71. The van der Waals surface area contributed by atoms with Crippen molar-refractivity contribution in [2.24, 2.45) is 11.7 Å². The normalized spacial score (nSPS) is 16.1. The second-order valence-corrected chi connectivity index (χ2v) is 6.00. The van der Waals surface area contributed by atoms with Crippen LogP contribution < -0.4 is 11.1 Å². The molecule has 2 atom stereocenters. The van der Waals surface area contributed by atoms with E-state index in [2.05, 4.69) is 19.2 Å². The van der Waals surface area contributed by atoms with Crippen molar-refractivity contribution in [3.05, 3.63) is 0 Å². The van der Waals surface area contributed by atoms with Crippen LogP contribution in [0.25, 0.3) is 0 Å². The van der Waals surface area contributed by atoms with Crippen LogP contribution in [0.1, 0.15) is 27.2 Å². The maximum atomic E-state index is 12.0. The van der Waals surface area contributed by atoms with Crippen molar-refractivity contribution in [2.75, 3.05) is 19.8 Å². The van der Waals surface area contributed by atoms with Crippen molar-refractivity contribution in [3.63, 3.8) is 0 Å². The molecule has 0 bridgehead atoms. The molecule has 0 aromatic rings. The summed E-state index contributed by atoms with van der Waals surface area (Å²) in [5, 5.41) is 3.11. The van der Waals surface area contributed by atoms with Crippen LogP contribution in [0.5, 0.6) is 0 Å². The van der Waals surface area contributed by atoms with Crippen molar-refractivity contribution in [3.8, 4) is 0 Å². The average Bonchev–Trinajstić information content (AvgIpc) is 2.18. The monoisotopic (exact) mass is 232 g/mol. The molecule has 0 aliphatic heterocycles. The van der Waals surface area contributed by atoms with Gasteiger partial charge in [-0.05, 0) is 39.6 Å². The molecule has 90 valence electrons. The first-order chi connectivity index (χ1) is 6.88. The van der Waals surface area contributed by atoms with E-state index in [0.717, 1.165) is 0 Å². The number of likely N-dealkylation sites (N-methyl/N-ethyl adjacent to an activating group) is 1. The predicted octanol–water partition coefficient (Wildman–Crippen LogP) is 1.27. The van der Waals surface area contributed by atoms with Gasteiger partial charge in [-0.2, -0.15) is 11.8 Å². The largest absolute Gasteiger partial charge is 0.330 e. The molecule has 3 N–H and O–H groups in total. The molecule has 3 nitrogen and oxygen atoms in total. The fourth-order valence-corrected chi connectivity index (χ4v) is 2.04. The third-order valence-electron chi connectivity index (χ3n) is 2.78. The lowest BCUT2D eigenvalue weighted by Gasteiger charge is -2.32. The lowest BCUT2D eigenvalue weighted by molar-refractivity contribution is -0.122. The van der Waals surface area contributed by atoms with Crippen molar-refractivity contribution in [1.29, 1.82) is 0 Å². The lowest BCUT2D eigenvalue weighted by atomic mass is 9.93. The number of thioether (sulfide) groups is 1. The Morgan fingerprint density at radius 3 is 2.40 bits per heavy atom. The smallest absolute Gasteiger partial charge is 0.151 e. The lowest BCUT2D eigenvalue weighted by Crippen LogP contribution is -2.49. The van der Waals surface area contributed by atoms with Crippen molar-refractivity contribution < 1.29 is 4.79 Å². The van der Waals surface area contributed by atoms with Crippen LogP contribution in [0.15, 0.2) is 0 Å². The minimum Gasteiger partial charge on any atom is -0.330 e. The van der Waals surface area contributed by atoms with Crippen LogP contribution in [-0.2, 0) is 4.79 Å². The number of rotatable bonds is 7. The maximum absolute atomic E-state index is 12.0. The van der Waals surface area contributed by atoms with E-state index >= 15 is 0 Å². The molecule has 0 aromatic carbocycles. The third kappa shape index (κ3) is 4.53. The number of ketones is 1. The van der Waals surface area contributed by atoms with Gasteiger partial charge in [0.2, 0.25) is 0 Å². The van der Waals surface area contributed by atoms with Crippen LogP contribution >= 0.6 is 11.8 Å². The molecule has 0 aromatic heterocycles. The first kappa shape index (κ1) is 14.9. The number of carbonyl (C=O) groups is 1. The molecule has 15 heavy (non-hydrogen) atoms. The zero-order chi connectivity index (χ0) is 12.1. The molecule has 2 unspecified atom stereocenters. The molecule has 4 heteroatoms. The number of hydrogen-bond donors (Lipinski definition) is 2. The highest BCUT2D eigenvalue weighted by Gasteiger charge is 2.33. The predicted molar refractivity (Wildman–Crippen MR) is 68.3 cm³/mol. The Labute approximate surface area is 97.6 Å². The summed E-state index contributed by atoms with van der Waals surface area (Å²) in [7, 11) is 1.84. The fraction of sp³-hybridized carbons (Fsp3) is 0.909. The summed E-state index contributed by atoms with van der Waals surface area (Å²) < 4.78 is -0.0693. The highest BCUT2D eigenvalue weighted by atomic mass is 32.2. The SMILES string of the molecule is CNC(C(=O)CC(C)CN)C(C)(C)SC. The van der Waals surface area contributed by atoms with E-state index in [-0.39, 0.29) is 22.5 Å². The molecule has 0 spiro atoms. The molecule has 0 saturated heterocycles. The number of carbonyl (C=O) groups excluding carboxylic acids is 1. The Balaban J connectivity index is 4.48. The van der Waals surface area contributed by atoms with E-state index in [1.54, 1.807) is 11.8 Å². The number of nitrogens with one attached hydrogen (secondary N) is 1. The van der Waals surface area contributed by atoms with E-state index in [1.807, 2.05) is 20.2 Å². The van der Waals surface area contributed by atoms with Crippen LogP contribution in [0.2, 0.25) is 0 Å². The zero-order valence-electron chi connectivity index (χ0n) is 10.5. The Morgan fingerprint density at radius 2 is 2.07 bits per heavy atom. The van der Waals surface area contributed by atoms with Gasteiger partial charge >= 0.3 is 0 Å². The topological polar surface area (TPSA) is 55.1 Å². The summed E-state index contributed by atoms with van der Waals surface area (Å²) in [6, 6.07) is -0.0958. The van der Waals surface area contributed by atoms with Gasteiger partial charge in [-0.25, -0.2) is 0 Å². The van der Waals surface area contributed by atoms with Crippen LogP contribution in [-0.4, -0.2) is 36.4 Å². The molecule has 0 rings (SSSR count). The second kappa shape index (κ2) is 6.51. The van der Waals surface area contributed by atoms with Crippen LogP contribution in [0.4, 0.5) is 0 Å². The molecule has 0 saturated carbocycles. The molecular weight excluding hydrogens is 208 g/mol. The van der Waals surface area contributed by atoms with E-state index in [9.17, 15) is 4.79 Å². The third-order valence-corrected chi connectivity index (χ3v) is 4.07. The van der Waals surface area contributed by atoms with Crippen molar-refractivity contribution >= 4 is 17.5 Å². The summed E-state index contributed by atoms with van der Waals surface area (Å²) in [4.78, 5) is 12.0. The minimum atomic E-state index is -0.0958. The zero-order valence-corrected chi connectivity index (χ0v) is 11.3. The molecule has 0 amide bonds. The van der Waals surface area contributed by atoms with Crippen molar-refractivity contribution in [1.82, 2.24) is 5.32 Å². The molecule has 0 radical (unpaired) electrons. The molecule has 0 fully saturated rings. The first-order valence-corrected chi connectivity index (χ1v) is 6.56. The van der Waals surface area contributed by atoms with Crippen LogP contribution in [0, 0.1) is 5.92 Å². The summed E-state index contributed by atoms with van der Waals surface area (Å²) in [6.45, 7) is 6.76. The summed E-state index contributed by atoms with van der Waals surface area (Å²) in [6.07, 6.45) is 2.59. The van der Waals surface area contributed by atoms with Gasteiger partial charge in [-0.15, -0.1) is 0 Å². The minimum absolute atomic E-state index is 0.0693. The molecule has 0 heterocycles. The summed E-state index contributed by atoms with van der Waals surface area (Å²) in [5.74, 6) is 0.529. The second-order valence-electron chi connectivity index (χ2n) is 4.54. The van der Waals surface area contributed by atoms with E-state index in [0.29, 0.717) is 13.0 Å². The summed E-state index contributed by atoms with van der Waals surface area (Å²) in [5.41, 5.74) is 5.53.